The summed E-state index contributed by atoms with van der Waals surface area (Å²) in [4.78, 5) is 10.7. The van der Waals surface area contributed by atoms with Gasteiger partial charge in [0.1, 0.15) is 0 Å². The summed E-state index contributed by atoms with van der Waals surface area (Å²) < 4.78 is 0. The van der Waals surface area contributed by atoms with Gasteiger partial charge in [-0.05, 0) is 41.8 Å². The topological polar surface area (TPSA) is 67.2 Å². The molecular formula is C18H15N3O2S. The Bertz CT molecular complexity index is 891. The Morgan fingerprint density at radius 2 is 1.96 bits per heavy atom. The van der Waals surface area contributed by atoms with Gasteiger partial charge in [0.25, 0.3) is 5.69 Å². The lowest BCUT2D eigenvalue weighted by molar-refractivity contribution is -0.384. The van der Waals surface area contributed by atoms with E-state index >= 15 is 0 Å². The Hall–Kier alpha value is -2.73. The minimum absolute atomic E-state index is 0.0945. The van der Waals surface area contributed by atoms with E-state index < -0.39 is 0 Å². The highest BCUT2D eigenvalue weighted by Gasteiger charge is 2.31. The van der Waals surface area contributed by atoms with Crippen LogP contribution >= 0.6 is 12.2 Å². The molecule has 0 unspecified atom stereocenters. The first-order chi connectivity index (χ1) is 11.6. The number of nitrogens with zero attached hydrogens (tertiary/aromatic N) is 1. The highest BCUT2D eigenvalue weighted by Crippen LogP contribution is 2.39. The molecule has 0 amide bonds. The van der Waals surface area contributed by atoms with Crippen molar-refractivity contribution < 1.29 is 4.92 Å². The lowest BCUT2D eigenvalue weighted by Crippen LogP contribution is -2.44. The van der Waals surface area contributed by atoms with Crippen LogP contribution in [-0.4, -0.2) is 10.0 Å². The molecule has 2 aliphatic rings. The summed E-state index contributed by atoms with van der Waals surface area (Å²) in [6.45, 7) is 0. The van der Waals surface area contributed by atoms with Gasteiger partial charge in [0.15, 0.2) is 5.11 Å². The number of nitro groups is 1. The number of aryl methyl sites for hydroxylation is 1. The zero-order chi connectivity index (χ0) is 16.7. The average Bonchev–Trinajstić information content (AvgIpc) is 2.61. The van der Waals surface area contributed by atoms with Crippen molar-refractivity contribution in [2.75, 3.05) is 0 Å². The van der Waals surface area contributed by atoms with Crippen molar-refractivity contribution in [3.8, 4) is 0 Å². The summed E-state index contributed by atoms with van der Waals surface area (Å²) in [7, 11) is 0. The monoisotopic (exact) mass is 337 g/mol. The molecule has 0 radical (unpaired) electrons. The first-order valence-electron chi connectivity index (χ1n) is 7.76. The molecule has 1 atom stereocenters. The Kier molecular flexibility index (Phi) is 3.54. The molecule has 6 heteroatoms. The third-order valence-electron chi connectivity index (χ3n) is 4.55. The van der Waals surface area contributed by atoms with Gasteiger partial charge in [-0.1, -0.05) is 36.4 Å². The summed E-state index contributed by atoms with van der Waals surface area (Å²) in [5.41, 5.74) is 5.65. The summed E-state index contributed by atoms with van der Waals surface area (Å²) in [5.74, 6) is 0. The van der Waals surface area contributed by atoms with Gasteiger partial charge in [0.2, 0.25) is 0 Å². The van der Waals surface area contributed by atoms with Crippen molar-refractivity contribution in [3.05, 3.63) is 80.9 Å². The fourth-order valence-electron chi connectivity index (χ4n) is 3.46. The minimum atomic E-state index is -0.367. The van der Waals surface area contributed by atoms with Gasteiger partial charge >= 0.3 is 0 Å². The predicted molar refractivity (Wildman–Crippen MR) is 96.4 cm³/mol. The van der Waals surface area contributed by atoms with E-state index in [0.29, 0.717) is 5.11 Å². The molecule has 0 spiro atoms. The number of nitro benzene ring substituents is 1. The Balaban J connectivity index is 1.84. The second-order valence-electron chi connectivity index (χ2n) is 5.94. The van der Waals surface area contributed by atoms with Gasteiger partial charge in [-0.15, -0.1) is 0 Å². The van der Waals surface area contributed by atoms with Gasteiger partial charge in [0, 0.05) is 23.4 Å². The minimum Gasteiger partial charge on any atom is -0.352 e. The largest absolute Gasteiger partial charge is 0.352 e. The molecule has 2 aromatic carbocycles. The first-order valence-corrected chi connectivity index (χ1v) is 8.17. The third-order valence-corrected chi connectivity index (χ3v) is 4.77. The number of nitrogens with one attached hydrogen (secondary N) is 2. The maximum atomic E-state index is 11.1. The Morgan fingerprint density at radius 3 is 2.79 bits per heavy atom. The van der Waals surface area contributed by atoms with E-state index in [1.54, 1.807) is 12.1 Å². The van der Waals surface area contributed by atoms with E-state index in [-0.39, 0.29) is 16.7 Å². The number of rotatable bonds is 2. The van der Waals surface area contributed by atoms with Crippen LogP contribution in [0.2, 0.25) is 0 Å². The van der Waals surface area contributed by atoms with Crippen LogP contribution in [0.15, 0.2) is 54.1 Å². The van der Waals surface area contributed by atoms with E-state index in [4.69, 9.17) is 12.2 Å². The number of benzene rings is 2. The Morgan fingerprint density at radius 1 is 1.12 bits per heavy atom. The number of hydrogen-bond acceptors (Lipinski definition) is 3. The maximum absolute atomic E-state index is 11.1. The van der Waals surface area contributed by atoms with Crippen molar-refractivity contribution >= 4 is 28.7 Å². The van der Waals surface area contributed by atoms with E-state index in [9.17, 15) is 10.1 Å². The standard InChI is InChI=1S/C18H15N3O2S/c22-21(23)13-6-3-5-12(10-13)16-15-9-8-11-4-1-2-7-14(11)17(15)20-18(24)19-16/h1-7,10,16H,8-9H2,(H2,19,20,24)/t16-/m1/s1. The van der Waals surface area contributed by atoms with Crippen LogP contribution in [-0.2, 0) is 6.42 Å². The normalized spacial score (nSPS) is 19.0. The average molecular weight is 337 g/mol. The van der Waals surface area contributed by atoms with Gasteiger partial charge in [-0.2, -0.15) is 0 Å². The molecule has 1 aliphatic heterocycles. The quantitative estimate of drug-likeness (QED) is 0.499. The fourth-order valence-corrected chi connectivity index (χ4v) is 3.68. The number of thiocarbonyl (C=S) groups is 1. The van der Waals surface area contributed by atoms with E-state index in [1.165, 1.54) is 17.2 Å². The van der Waals surface area contributed by atoms with Crippen molar-refractivity contribution in [1.29, 1.82) is 0 Å². The van der Waals surface area contributed by atoms with Crippen molar-refractivity contribution in [2.24, 2.45) is 0 Å². The molecule has 0 saturated heterocycles. The smallest absolute Gasteiger partial charge is 0.269 e. The lowest BCUT2D eigenvalue weighted by Gasteiger charge is -2.35. The van der Waals surface area contributed by atoms with Crippen LogP contribution in [0.4, 0.5) is 5.69 Å². The van der Waals surface area contributed by atoms with Crippen LogP contribution in [0.25, 0.3) is 5.70 Å². The Labute approximate surface area is 144 Å². The van der Waals surface area contributed by atoms with Crippen molar-refractivity contribution in [1.82, 2.24) is 10.6 Å². The molecule has 24 heavy (non-hydrogen) atoms. The molecule has 0 saturated carbocycles. The zero-order valence-corrected chi connectivity index (χ0v) is 13.6. The van der Waals surface area contributed by atoms with Gasteiger partial charge in [0.05, 0.1) is 11.0 Å². The number of non-ortho nitro benzene ring substituents is 1. The van der Waals surface area contributed by atoms with E-state index in [0.717, 1.165) is 29.7 Å². The molecule has 0 fully saturated rings. The molecule has 0 bridgehead atoms. The third kappa shape index (κ3) is 2.45. The molecule has 5 nitrogen and oxygen atoms in total. The molecule has 0 aromatic heterocycles. The highest BCUT2D eigenvalue weighted by molar-refractivity contribution is 7.80. The molecule has 120 valence electrons. The number of hydrogen-bond donors (Lipinski definition) is 2. The molecule has 1 heterocycles. The summed E-state index contributed by atoms with van der Waals surface area (Å²) >= 11 is 5.37. The zero-order valence-electron chi connectivity index (χ0n) is 12.8. The molecule has 2 aromatic rings. The second kappa shape index (κ2) is 5.72. The van der Waals surface area contributed by atoms with Gasteiger partial charge in [-0.25, -0.2) is 0 Å². The lowest BCUT2D eigenvalue weighted by atomic mass is 9.83. The van der Waals surface area contributed by atoms with Crippen LogP contribution in [0.3, 0.4) is 0 Å². The molecular weight excluding hydrogens is 322 g/mol. The van der Waals surface area contributed by atoms with Crippen LogP contribution in [0.1, 0.15) is 29.2 Å². The summed E-state index contributed by atoms with van der Waals surface area (Å²) in [5, 5.41) is 18.2. The highest BCUT2D eigenvalue weighted by atomic mass is 32.1. The first kappa shape index (κ1) is 14.8. The van der Waals surface area contributed by atoms with Crippen LogP contribution in [0.5, 0.6) is 0 Å². The molecule has 1 aliphatic carbocycles. The maximum Gasteiger partial charge on any atom is 0.269 e. The summed E-state index contributed by atoms with van der Waals surface area (Å²) in [6.07, 6.45) is 1.85. The van der Waals surface area contributed by atoms with E-state index in [1.807, 2.05) is 18.2 Å². The van der Waals surface area contributed by atoms with Crippen molar-refractivity contribution in [3.63, 3.8) is 0 Å². The predicted octanol–water partition coefficient (Wildman–Crippen LogP) is 3.47. The second-order valence-corrected chi connectivity index (χ2v) is 6.35. The van der Waals surface area contributed by atoms with Crippen molar-refractivity contribution in [2.45, 2.75) is 18.9 Å². The van der Waals surface area contributed by atoms with Crippen LogP contribution in [0, 0.1) is 10.1 Å². The SMILES string of the molecule is O=[N+]([O-])c1cccc([C@H]2NC(=S)NC3=C2CCc2ccccc23)c1. The van der Waals surface area contributed by atoms with Gasteiger partial charge in [-0.3, -0.25) is 10.1 Å². The number of fused-ring (bicyclic) bond motifs is 2. The van der Waals surface area contributed by atoms with Crippen LogP contribution < -0.4 is 10.6 Å². The molecule has 4 rings (SSSR count). The van der Waals surface area contributed by atoms with E-state index in [2.05, 4.69) is 22.8 Å². The fraction of sp³-hybridized carbons (Fsp3) is 0.167. The molecule has 2 N–H and O–H groups in total. The van der Waals surface area contributed by atoms with Gasteiger partial charge < -0.3 is 10.6 Å². The summed E-state index contributed by atoms with van der Waals surface area (Å²) in [6, 6.07) is 14.9.